The fourth-order valence-electron chi connectivity index (χ4n) is 3.65. The second-order valence-corrected chi connectivity index (χ2v) is 9.11. The summed E-state index contributed by atoms with van der Waals surface area (Å²) in [6, 6.07) is 5.94. The van der Waals surface area contributed by atoms with Gasteiger partial charge in [0.25, 0.3) is 0 Å². The Bertz CT molecular complexity index is 715. The van der Waals surface area contributed by atoms with Crippen molar-refractivity contribution in [3.63, 3.8) is 0 Å². The molecule has 24 heavy (non-hydrogen) atoms. The first-order chi connectivity index (χ1) is 11.4. The summed E-state index contributed by atoms with van der Waals surface area (Å²) in [4.78, 5) is 12.4. The van der Waals surface area contributed by atoms with Gasteiger partial charge in [0.05, 0.1) is 10.6 Å². The van der Waals surface area contributed by atoms with E-state index >= 15 is 0 Å². The smallest absolute Gasteiger partial charge is 0.221 e. The van der Waals surface area contributed by atoms with Crippen LogP contribution in [0.5, 0.6) is 0 Å². The van der Waals surface area contributed by atoms with E-state index in [0.717, 1.165) is 44.2 Å². The number of benzene rings is 1. The molecule has 1 aliphatic carbocycles. The van der Waals surface area contributed by atoms with Crippen molar-refractivity contribution in [2.45, 2.75) is 62.4 Å². The van der Waals surface area contributed by atoms with Crippen LogP contribution in [0.3, 0.4) is 0 Å². The van der Waals surface area contributed by atoms with Crippen LogP contribution in [0, 0.1) is 0 Å². The SMILES string of the molecule is CC1CC(NC(=O)CCS(=O)(=O)c2ccc3c(c2)CCC3)CCN1. The van der Waals surface area contributed by atoms with Gasteiger partial charge in [0.1, 0.15) is 0 Å². The second-order valence-electron chi connectivity index (χ2n) is 7.00. The standard InChI is InChI=1S/C18H26N2O3S/c1-13-11-16(7-9-19-13)20-18(21)8-10-24(22,23)17-6-5-14-3-2-4-15(14)12-17/h5-6,12-13,16,19H,2-4,7-11H2,1H3,(H,20,21). The van der Waals surface area contributed by atoms with Crippen molar-refractivity contribution in [1.82, 2.24) is 10.6 Å². The number of carbonyl (C=O) groups excluding carboxylic acids is 1. The zero-order valence-corrected chi connectivity index (χ0v) is 15.0. The largest absolute Gasteiger partial charge is 0.353 e. The number of rotatable bonds is 5. The number of hydrogen-bond donors (Lipinski definition) is 2. The van der Waals surface area contributed by atoms with E-state index in [1.165, 1.54) is 5.56 Å². The van der Waals surface area contributed by atoms with Gasteiger partial charge in [-0.15, -0.1) is 0 Å². The number of fused-ring (bicyclic) bond motifs is 1. The van der Waals surface area contributed by atoms with Gasteiger partial charge in [-0.1, -0.05) is 6.07 Å². The number of nitrogens with one attached hydrogen (secondary N) is 2. The van der Waals surface area contributed by atoms with Crippen LogP contribution < -0.4 is 10.6 Å². The summed E-state index contributed by atoms with van der Waals surface area (Å²) in [5.74, 6) is -0.295. The van der Waals surface area contributed by atoms with Crippen molar-refractivity contribution in [2.75, 3.05) is 12.3 Å². The lowest BCUT2D eigenvalue weighted by molar-refractivity contribution is -0.121. The van der Waals surface area contributed by atoms with E-state index in [4.69, 9.17) is 0 Å². The van der Waals surface area contributed by atoms with Gasteiger partial charge in [-0.05, 0) is 68.8 Å². The lowest BCUT2D eigenvalue weighted by atomic mass is 10.0. The molecule has 2 atom stereocenters. The Hall–Kier alpha value is -1.40. The molecule has 2 N–H and O–H groups in total. The molecule has 3 rings (SSSR count). The lowest BCUT2D eigenvalue weighted by Crippen LogP contribution is -2.46. The number of amides is 1. The number of aryl methyl sites for hydroxylation is 2. The van der Waals surface area contributed by atoms with E-state index in [2.05, 4.69) is 17.6 Å². The zero-order chi connectivity index (χ0) is 17.2. The number of carbonyl (C=O) groups is 1. The lowest BCUT2D eigenvalue weighted by Gasteiger charge is -2.28. The van der Waals surface area contributed by atoms with Gasteiger partial charge in [0.15, 0.2) is 9.84 Å². The molecule has 1 aromatic carbocycles. The Kier molecular flexibility index (Phi) is 5.25. The maximum absolute atomic E-state index is 12.5. The third-order valence-corrected chi connectivity index (χ3v) is 6.73. The highest BCUT2D eigenvalue weighted by Gasteiger charge is 2.22. The first-order valence-electron chi connectivity index (χ1n) is 8.81. The predicted molar refractivity (Wildman–Crippen MR) is 93.8 cm³/mol. The molecule has 0 saturated carbocycles. The van der Waals surface area contributed by atoms with Crippen LogP contribution >= 0.6 is 0 Å². The molecule has 2 aliphatic rings. The third kappa shape index (κ3) is 4.16. The third-order valence-electron chi connectivity index (χ3n) is 5.02. The molecule has 0 aromatic heterocycles. The average molecular weight is 350 g/mol. The molecule has 5 nitrogen and oxygen atoms in total. The van der Waals surface area contributed by atoms with Gasteiger partial charge < -0.3 is 10.6 Å². The van der Waals surface area contributed by atoms with Crippen molar-refractivity contribution < 1.29 is 13.2 Å². The number of piperidine rings is 1. The molecule has 0 bridgehead atoms. The molecule has 1 aromatic rings. The van der Waals surface area contributed by atoms with E-state index in [1.54, 1.807) is 12.1 Å². The fraction of sp³-hybridized carbons (Fsp3) is 0.611. The Balaban J connectivity index is 1.56. The molecule has 0 radical (unpaired) electrons. The minimum atomic E-state index is -3.40. The minimum Gasteiger partial charge on any atom is -0.353 e. The van der Waals surface area contributed by atoms with E-state index in [-0.39, 0.29) is 24.1 Å². The van der Waals surface area contributed by atoms with Crippen LogP contribution in [0.15, 0.2) is 23.1 Å². The quantitative estimate of drug-likeness (QED) is 0.846. The van der Waals surface area contributed by atoms with E-state index < -0.39 is 9.84 Å². The molecule has 1 saturated heterocycles. The van der Waals surface area contributed by atoms with Crippen molar-refractivity contribution in [1.29, 1.82) is 0 Å². The van der Waals surface area contributed by atoms with Crippen LogP contribution in [0.2, 0.25) is 0 Å². The maximum atomic E-state index is 12.5. The highest BCUT2D eigenvalue weighted by molar-refractivity contribution is 7.91. The molecule has 1 aliphatic heterocycles. The average Bonchev–Trinajstić information content (AvgIpc) is 3.01. The molecule has 2 unspecified atom stereocenters. The van der Waals surface area contributed by atoms with Crippen LogP contribution in [0.25, 0.3) is 0 Å². The highest BCUT2D eigenvalue weighted by atomic mass is 32.2. The second kappa shape index (κ2) is 7.23. The van der Waals surface area contributed by atoms with Crippen molar-refractivity contribution in [2.24, 2.45) is 0 Å². The van der Waals surface area contributed by atoms with Gasteiger partial charge >= 0.3 is 0 Å². The van der Waals surface area contributed by atoms with Crippen molar-refractivity contribution >= 4 is 15.7 Å². The molecule has 1 fully saturated rings. The van der Waals surface area contributed by atoms with Gasteiger partial charge in [-0.25, -0.2) is 8.42 Å². The minimum absolute atomic E-state index is 0.0255. The van der Waals surface area contributed by atoms with E-state index in [9.17, 15) is 13.2 Å². The predicted octanol–water partition coefficient (Wildman–Crippen LogP) is 1.60. The molecular formula is C18H26N2O3S. The molecule has 1 heterocycles. The molecule has 132 valence electrons. The van der Waals surface area contributed by atoms with Gasteiger partial charge in [-0.2, -0.15) is 0 Å². The fourth-order valence-corrected chi connectivity index (χ4v) is 4.94. The monoisotopic (exact) mass is 350 g/mol. The molecular weight excluding hydrogens is 324 g/mol. The van der Waals surface area contributed by atoms with Gasteiger partial charge in [-0.3, -0.25) is 4.79 Å². The first-order valence-corrected chi connectivity index (χ1v) is 10.5. The van der Waals surface area contributed by atoms with Crippen LogP contribution in [0.4, 0.5) is 0 Å². The Morgan fingerprint density at radius 3 is 2.88 bits per heavy atom. The molecule has 6 heteroatoms. The normalized spacial score (nSPS) is 23.7. The number of sulfone groups is 1. The summed E-state index contributed by atoms with van der Waals surface area (Å²) in [6.07, 6.45) is 4.89. The summed E-state index contributed by atoms with van der Waals surface area (Å²) >= 11 is 0. The van der Waals surface area contributed by atoms with Gasteiger partial charge in [0, 0.05) is 18.5 Å². The summed E-state index contributed by atoms with van der Waals surface area (Å²) in [7, 11) is -3.40. The first kappa shape index (κ1) is 17.4. The Morgan fingerprint density at radius 1 is 1.29 bits per heavy atom. The van der Waals surface area contributed by atoms with Gasteiger partial charge in [0.2, 0.25) is 5.91 Å². The summed E-state index contributed by atoms with van der Waals surface area (Å²) in [6.45, 7) is 2.98. The summed E-state index contributed by atoms with van der Waals surface area (Å²) < 4.78 is 25.0. The van der Waals surface area contributed by atoms with Crippen LogP contribution in [-0.4, -0.2) is 38.7 Å². The summed E-state index contributed by atoms with van der Waals surface area (Å²) in [5, 5.41) is 6.31. The van der Waals surface area contributed by atoms with E-state index in [1.807, 2.05) is 6.07 Å². The highest BCUT2D eigenvalue weighted by Crippen LogP contribution is 2.25. The molecule has 0 spiro atoms. The van der Waals surface area contributed by atoms with Crippen LogP contribution in [-0.2, 0) is 27.5 Å². The van der Waals surface area contributed by atoms with E-state index in [0.29, 0.717) is 10.9 Å². The topological polar surface area (TPSA) is 75.3 Å². The Labute approximate surface area is 144 Å². The summed E-state index contributed by atoms with van der Waals surface area (Å²) in [5.41, 5.74) is 2.40. The maximum Gasteiger partial charge on any atom is 0.221 e. The zero-order valence-electron chi connectivity index (χ0n) is 14.2. The van der Waals surface area contributed by atoms with Crippen molar-refractivity contribution in [3.8, 4) is 0 Å². The number of hydrogen-bond acceptors (Lipinski definition) is 4. The molecule has 1 amide bonds. The van der Waals surface area contributed by atoms with Crippen molar-refractivity contribution in [3.05, 3.63) is 29.3 Å². The van der Waals surface area contributed by atoms with Crippen LogP contribution in [0.1, 0.15) is 43.7 Å². The Morgan fingerprint density at radius 2 is 2.08 bits per heavy atom.